The monoisotopic (exact) mass is 259 g/mol. The van der Waals surface area contributed by atoms with Crippen molar-refractivity contribution in [2.24, 2.45) is 5.92 Å². The van der Waals surface area contributed by atoms with Crippen molar-refractivity contribution in [2.45, 2.75) is 25.7 Å². The van der Waals surface area contributed by atoms with Crippen LogP contribution in [0.25, 0.3) is 0 Å². The van der Waals surface area contributed by atoms with E-state index < -0.39 is 0 Å². The van der Waals surface area contributed by atoms with Gasteiger partial charge in [-0.2, -0.15) is 0 Å². The van der Waals surface area contributed by atoms with E-state index >= 15 is 0 Å². The maximum absolute atomic E-state index is 12.3. The number of Topliss-reactive ketones (excluding diaryl/α,β-unsaturated/α-hetero) is 1. The Morgan fingerprint density at radius 2 is 2.16 bits per heavy atom. The average Bonchev–Trinajstić information content (AvgIpc) is 3.05. The molecule has 19 heavy (non-hydrogen) atoms. The number of hydrogen-bond donors (Lipinski definition) is 1. The van der Waals surface area contributed by atoms with Gasteiger partial charge in [0.15, 0.2) is 5.78 Å². The van der Waals surface area contributed by atoms with Gasteiger partial charge in [0.05, 0.1) is 6.54 Å². The third-order valence-corrected chi connectivity index (χ3v) is 4.42. The van der Waals surface area contributed by atoms with Gasteiger partial charge in [0.2, 0.25) is 0 Å². The minimum Gasteiger partial charge on any atom is -0.396 e. The lowest BCUT2D eigenvalue weighted by Gasteiger charge is -2.14. The van der Waals surface area contributed by atoms with Crippen molar-refractivity contribution < 1.29 is 9.90 Å². The highest BCUT2D eigenvalue weighted by Crippen LogP contribution is 2.23. The van der Waals surface area contributed by atoms with E-state index in [1.807, 2.05) is 6.07 Å². The third-order valence-electron chi connectivity index (χ3n) is 4.42. The second-order valence-corrected chi connectivity index (χ2v) is 5.83. The van der Waals surface area contributed by atoms with Crippen molar-refractivity contribution in [3.8, 4) is 0 Å². The number of benzene rings is 1. The molecule has 0 amide bonds. The van der Waals surface area contributed by atoms with Crippen molar-refractivity contribution in [1.29, 1.82) is 0 Å². The number of aliphatic hydroxyl groups is 1. The molecule has 1 unspecified atom stereocenters. The van der Waals surface area contributed by atoms with Gasteiger partial charge in [0.1, 0.15) is 0 Å². The summed E-state index contributed by atoms with van der Waals surface area (Å²) < 4.78 is 0. The number of aliphatic hydroxyl groups excluding tert-OH is 1. The van der Waals surface area contributed by atoms with Crippen LogP contribution >= 0.6 is 0 Å². The van der Waals surface area contributed by atoms with E-state index in [2.05, 4.69) is 17.0 Å². The largest absolute Gasteiger partial charge is 0.396 e. The van der Waals surface area contributed by atoms with Gasteiger partial charge in [-0.05, 0) is 55.3 Å². The van der Waals surface area contributed by atoms with Crippen LogP contribution in [0.4, 0.5) is 0 Å². The zero-order valence-corrected chi connectivity index (χ0v) is 11.3. The Labute approximate surface area is 114 Å². The summed E-state index contributed by atoms with van der Waals surface area (Å²) in [6.45, 7) is 2.52. The number of aryl methyl sites for hydroxylation is 2. The van der Waals surface area contributed by atoms with Gasteiger partial charge in [-0.25, -0.2) is 0 Å². The van der Waals surface area contributed by atoms with Gasteiger partial charge in [0, 0.05) is 18.7 Å². The average molecular weight is 259 g/mol. The molecule has 1 aliphatic carbocycles. The first-order valence-corrected chi connectivity index (χ1v) is 7.24. The Balaban J connectivity index is 1.64. The lowest BCUT2D eigenvalue weighted by Crippen LogP contribution is -2.28. The van der Waals surface area contributed by atoms with Crippen LogP contribution in [0.5, 0.6) is 0 Å². The van der Waals surface area contributed by atoms with E-state index in [0.29, 0.717) is 12.5 Å². The molecule has 1 aromatic rings. The van der Waals surface area contributed by atoms with Crippen LogP contribution in [0.3, 0.4) is 0 Å². The number of carbonyl (C=O) groups excluding carboxylic acids is 1. The Morgan fingerprint density at radius 3 is 2.95 bits per heavy atom. The lowest BCUT2D eigenvalue weighted by atomic mass is 10.0. The molecule has 0 radical (unpaired) electrons. The fraction of sp³-hybridized carbons (Fsp3) is 0.562. The maximum atomic E-state index is 12.3. The normalized spacial score (nSPS) is 22.7. The Morgan fingerprint density at radius 1 is 1.32 bits per heavy atom. The maximum Gasteiger partial charge on any atom is 0.176 e. The third kappa shape index (κ3) is 2.72. The van der Waals surface area contributed by atoms with Crippen molar-refractivity contribution in [3.05, 3.63) is 34.9 Å². The molecule has 102 valence electrons. The predicted molar refractivity (Wildman–Crippen MR) is 74.4 cm³/mol. The molecule has 3 heteroatoms. The SMILES string of the molecule is O=C(CN1CCC(CO)C1)c1ccc2c(c1)CCC2. The molecule has 0 bridgehead atoms. The summed E-state index contributed by atoms with van der Waals surface area (Å²) in [4.78, 5) is 14.5. The van der Waals surface area contributed by atoms with Crippen LogP contribution in [0.15, 0.2) is 18.2 Å². The zero-order valence-electron chi connectivity index (χ0n) is 11.3. The first-order chi connectivity index (χ1) is 9.26. The van der Waals surface area contributed by atoms with Gasteiger partial charge in [-0.3, -0.25) is 9.69 Å². The van der Waals surface area contributed by atoms with E-state index in [1.165, 1.54) is 17.5 Å². The molecule has 3 nitrogen and oxygen atoms in total. The number of nitrogens with zero attached hydrogens (tertiary/aromatic N) is 1. The molecule has 3 rings (SSSR count). The molecule has 1 aliphatic heterocycles. The minimum absolute atomic E-state index is 0.216. The van der Waals surface area contributed by atoms with E-state index in [9.17, 15) is 4.79 Å². The molecule has 1 atom stereocenters. The Hall–Kier alpha value is -1.19. The van der Waals surface area contributed by atoms with Crippen LogP contribution in [0.1, 0.15) is 34.3 Å². The smallest absolute Gasteiger partial charge is 0.176 e. The molecule has 1 N–H and O–H groups in total. The molecule has 1 fully saturated rings. The highest BCUT2D eigenvalue weighted by Gasteiger charge is 2.24. The lowest BCUT2D eigenvalue weighted by molar-refractivity contribution is 0.0940. The molecular formula is C16H21NO2. The number of likely N-dealkylation sites (tertiary alicyclic amines) is 1. The standard InChI is InChI=1S/C16H21NO2/c18-11-12-6-7-17(9-12)10-16(19)15-5-4-13-2-1-3-14(13)8-15/h4-5,8,12,18H,1-3,6-7,9-11H2. The molecule has 1 aromatic carbocycles. The summed E-state index contributed by atoms with van der Waals surface area (Å²) >= 11 is 0. The second kappa shape index (κ2) is 5.43. The van der Waals surface area contributed by atoms with E-state index in [1.54, 1.807) is 0 Å². The minimum atomic E-state index is 0.216. The van der Waals surface area contributed by atoms with Gasteiger partial charge < -0.3 is 5.11 Å². The van der Waals surface area contributed by atoms with E-state index in [0.717, 1.165) is 37.9 Å². The summed E-state index contributed by atoms with van der Waals surface area (Å²) in [5.41, 5.74) is 3.63. The van der Waals surface area contributed by atoms with Crippen molar-refractivity contribution in [3.63, 3.8) is 0 Å². The summed E-state index contributed by atoms with van der Waals surface area (Å²) in [5.74, 6) is 0.570. The number of ketones is 1. The van der Waals surface area contributed by atoms with Crippen molar-refractivity contribution in [1.82, 2.24) is 4.90 Å². The van der Waals surface area contributed by atoms with E-state index in [-0.39, 0.29) is 12.4 Å². The number of carbonyl (C=O) groups is 1. The summed E-state index contributed by atoms with van der Waals surface area (Å²) in [6.07, 6.45) is 4.51. The van der Waals surface area contributed by atoms with Gasteiger partial charge in [-0.1, -0.05) is 12.1 Å². The number of fused-ring (bicyclic) bond motifs is 1. The van der Waals surface area contributed by atoms with Gasteiger partial charge in [-0.15, -0.1) is 0 Å². The molecular weight excluding hydrogens is 238 g/mol. The second-order valence-electron chi connectivity index (χ2n) is 5.83. The Kier molecular flexibility index (Phi) is 3.67. The summed E-state index contributed by atoms with van der Waals surface area (Å²) in [7, 11) is 0. The van der Waals surface area contributed by atoms with Gasteiger partial charge >= 0.3 is 0 Å². The number of rotatable bonds is 4. The zero-order chi connectivity index (χ0) is 13.2. The molecule has 1 saturated heterocycles. The molecule has 1 heterocycles. The van der Waals surface area contributed by atoms with Crippen LogP contribution in [-0.4, -0.2) is 42.0 Å². The highest BCUT2D eigenvalue weighted by molar-refractivity contribution is 5.97. The fourth-order valence-corrected chi connectivity index (χ4v) is 3.25. The van der Waals surface area contributed by atoms with Crippen LogP contribution in [-0.2, 0) is 12.8 Å². The highest BCUT2D eigenvalue weighted by atomic mass is 16.3. The fourth-order valence-electron chi connectivity index (χ4n) is 3.25. The van der Waals surface area contributed by atoms with E-state index in [4.69, 9.17) is 5.11 Å². The predicted octanol–water partition coefficient (Wildman–Crippen LogP) is 1.67. The van der Waals surface area contributed by atoms with Crippen molar-refractivity contribution in [2.75, 3.05) is 26.2 Å². The topological polar surface area (TPSA) is 40.5 Å². The Bertz CT molecular complexity index is 484. The summed E-state index contributed by atoms with van der Waals surface area (Å²) in [6, 6.07) is 6.19. The summed E-state index contributed by atoms with van der Waals surface area (Å²) in [5, 5.41) is 9.13. The molecule has 2 aliphatic rings. The first kappa shape index (κ1) is 12.8. The molecule has 0 spiro atoms. The first-order valence-electron chi connectivity index (χ1n) is 7.24. The van der Waals surface area contributed by atoms with Crippen LogP contribution in [0, 0.1) is 5.92 Å². The van der Waals surface area contributed by atoms with Crippen LogP contribution < -0.4 is 0 Å². The van der Waals surface area contributed by atoms with Gasteiger partial charge in [0.25, 0.3) is 0 Å². The van der Waals surface area contributed by atoms with Crippen LogP contribution in [0.2, 0.25) is 0 Å². The van der Waals surface area contributed by atoms with Crippen molar-refractivity contribution >= 4 is 5.78 Å². The molecule has 0 saturated carbocycles. The number of hydrogen-bond acceptors (Lipinski definition) is 3. The quantitative estimate of drug-likeness (QED) is 0.836. The molecule has 0 aromatic heterocycles.